The van der Waals surface area contributed by atoms with Gasteiger partial charge < -0.3 is 20.7 Å². The fourth-order valence-electron chi connectivity index (χ4n) is 3.37. The number of carbonyl (C=O) groups is 1. The van der Waals surface area contributed by atoms with Gasteiger partial charge in [-0.2, -0.15) is 0 Å². The summed E-state index contributed by atoms with van der Waals surface area (Å²) in [5.41, 5.74) is 0.927. The average molecular weight is 373 g/mol. The highest BCUT2D eigenvalue weighted by Crippen LogP contribution is 2.39. The molecule has 1 heterocycles. The Hall–Kier alpha value is -2.24. The number of benzene rings is 1. The van der Waals surface area contributed by atoms with E-state index < -0.39 is 0 Å². The number of ether oxygens (including phenoxy) is 1. The minimum absolute atomic E-state index is 0.140. The van der Waals surface area contributed by atoms with Crippen molar-refractivity contribution < 1.29 is 9.53 Å². The molecular weight excluding hydrogens is 340 g/mol. The van der Waals surface area contributed by atoms with Crippen molar-refractivity contribution >= 4 is 11.9 Å². The number of amides is 1. The van der Waals surface area contributed by atoms with Crippen molar-refractivity contribution in [3.8, 4) is 5.75 Å². The second kappa shape index (κ2) is 8.63. The van der Waals surface area contributed by atoms with Gasteiger partial charge in [-0.3, -0.25) is 9.79 Å². The van der Waals surface area contributed by atoms with Crippen LogP contribution in [-0.4, -0.2) is 36.6 Å². The van der Waals surface area contributed by atoms with E-state index in [1.807, 2.05) is 18.2 Å². The maximum Gasteiger partial charge on any atom is 0.220 e. The van der Waals surface area contributed by atoms with Gasteiger partial charge in [0.15, 0.2) is 5.96 Å². The van der Waals surface area contributed by atoms with E-state index in [4.69, 9.17) is 4.74 Å². The van der Waals surface area contributed by atoms with Gasteiger partial charge in [-0.05, 0) is 46.1 Å². The molecule has 3 N–H and O–H groups in total. The van der Waals surface area contributed by atoms with Crippen LogP contribution in [0, 0.1) is 0 Å². The van der Waals surface area contributed by atoms with Gasteiger partial charge in [0.2, 0.25) is 5.91 Å². The molecule has 0 bridgehead atoms. The van der Waals surface area contributed by atoms with Crippen LogP contribution in [0.15, 0.2) is 29.3 Å². The fraction of sp³-hybridized carbons (Fsp3) is 0.619. The summed E-state index contributed by atoms with van der Waals surface area (Å²) in [5.74, 6) is 1.86. The molecule has 27 heavy (non-hydrogen) atoms. The van der Waals surface area contributed by atoms with Crippen LogP contribution >= 0.6 is 0 Å². The predicted molar refractivity (Wildman–Crippen MR) is 108 cm³/mol. The lowest BCUT2D eigenvalue weighted by molar-refractivity contribution is -0.121. The number of guanidine groups is 1. The second-order valence-electron chi connectivity index (χ2n) is 8.01. The summed E-state index contributed by atoms with van der Waals surface area (Å²) < 4.78 is 6.11. The molecule has 1 amide bonds. The van der Waals surface area contributed by atoms with E-state index in [1.165, 1.54) is 0 Å². The number of rotatable bonds is 7. The molecule has 1 saturated carbocycles. The van der Waals surface area contributed by atoms with Gasteiger partial charge in [-0.15, -0.1) is 0 Å². The summed E-state index contributed by atoms with van der Waals surface area (Å²) in [4.78, 5) is 16.5. The lowest BCUT2D eigenvalue weighted by Gasteiger charge is -2.38. The quantitative estimate of drug-likeness (QED) is 0.391. The third-order valence-electron chi connectivity index (χ3n) is 4.81. The number of fused-ring (bicyclic) bond motifs is 1. The maximum absolute atomic E-state index is 11.8. The third kappa shape index (κ3) is 5.88. The lowest BCUT2D eigenvalue weighted by atomic mass is 9.90. The molecule has 6 heteroatoms. The first-order valence-electron chi connectivity index (χ1n) is 10.1. The van der Waals surface area contributed by atoms with Crippen LogP contribution in [-0.2, 0) is 4.79 Å². The number of nitrogens with one attached hydrogen (secondary N) is 3. The van der Waals surface area contributed by atoms with Crippen molar-refractivity contribution in [1.82, 2.24) is 16.0 Å². The van der Waals surface area contributed by atoms with E-state index in [0.717, 1.165) is 49.5 Å². The average Bonchev–Trinajstić information content (AvgIpc) is 3.41. The van der Waals surface area contributed by atoms with E-state index in [0.29, 0.717) is 19.0 Å². The zero-order chi connectivity index (χ0) is 19.3. The molecule has 2 aliphatic rings. The van der Waals surface area contributed by atoms with Gasteiger partial charge >= 0.3 is 0 Å². The SMILES string of the molecule is CCNC(=NCCCC(=O)NC1CC1)NC1CC(C)(C)Oc2ccccc21. The van der Waals surface area contributed by atoms with E-state index in [-0.39, 0.29) is 17.6 Å². The largest absolute Gasteiger partial charge is 0.487 e. The van der Waals surface area contributed by atoms with Crippen LogP contribution in [0.4, 0.5) is 0 Å². The van der Waals surface area contributed by atoms with Crippen molar-refractivity contribution in [1.29, 1.82) is 0 Å². The first kappa shape index (κ1) is 19.5. The van der Waals surface area contributed by atoms with Crippen molar-refractivity contribution in [2.45, 2.75) is 70.6 Å². The summed E-state index contributed by atoms with van der Waals surface area (Å²) in [5, 5.41) is 9.89. The normalized spacial score (nSPS) is 21.0. The number of hydrogen-bond acceptors (Lipinski definition) is 3. The molecule has 1 atom stereocenters. The molecule has 3 rings (SSSR count). The molecule has 1 aromatic carbocycles. The molecule has 0 saturated heterocycles. The van der Waals surface area contributed by atoms with E-state index in [9.17, 15) is 4.79 Å². The van der Waals surface area contributed by atoms with Crippen LogP contribution < -0.4 is 20.7 Å². The first-order valence-corrected chi connectivity index (χ1v) is 10.1. The lowest BCUT2D eigenvalue weighted by Crippen LogP contribution is -2.45. The smallest absolute Gasteiger partial charge is 0.220 e. The molecule has 1 aliphatic carbocycles. The molecule has 148 valence electrons. The summed E-state index contributed by atoms with van der Waals surface area (Å²) in [7, 11) is 0. The first-order chi connectivity index (χ1) is 13.0. The Labute approximate surface area is 162 Å². The molecule has 6 nitrogen and oxygen atoms in total. The zero-order valence-electron chi connectivity index (χ0n) is 16.7. The number of carbonyl (C=O) groups excluding carboxylic acids is 1. The van der Waals surface area contributed by atoms with Crippen molar-refractivity contribution in [2.24, 2.45) is 4.99 Å². The summed E-state index contributed by atoms with van der Waals surface area (Å²) in [6, 6.07) is 8.74. The maximum atomic E-state index is 11.8. The molecule has 1 aromatic rings. The minimum Gasteiger partial charge on any atom is -0.487 e. The monoisotopic (exact) mass is 372 g/mol. The Bertz CT molecular complexity index is 683. The van der Waals surface area contributed by atoms with Crippen LogP contribution in [0.2, 0.25) is 0 Å². The molecule has 0 aromatic heterocycles. The second-order valence-corrected chi connectivity index (χ2v) is 8.01. The highest BCUT2D eigenvalue weighted by Gasteiger charge is 2.33. The van der Waals surface area contributed by atoms with Crippen molar-refractivity contribution in [2.75, 3.05) is 13.1 Å². The van der Waals surface area contributed by atoms with Crippen molar-refractivity contribution in [3.63, 3.8) is 0 Å². The topological polar surface area (TPSA) is 74.8 Å². The Kier molecular flexibility index (Phi) is 6.24. The third-order valence-corrected chi connectivity index (χ3v) is 4.81. The summed E-state index contributed by atoms with van der Waals surface area (Å²) in [6.45, 7) is 7.70. The van der Waals surface area contributed by atoms with E-state index in [2.05, 4.69) is 47.8 Å². The highest BCUT2D eigenvalue weighted by atomic mass is 16.5. The Balaban J connectivity index is 1.58. The number of aliphatic imine (C=N–C) groups is 1. The molecule has 0 radical (unpaired) electrons. The molecule has 1 fully saturated rings. The van der Waals surface area contributed by atoms with E-state index >= 15 is 0 Å². The molecule has 0 spiro atoms. The number of para-hydroxylation sites is 1. The van der Waals surface area contributed by atoms with Crippen LogP contribution in [0.3, 0.4) is 0 Å². The highest BCUT2D eigenvalue weighted by molar-refractivity contribution is 5.80. The van der Waals surface area contributed by atoms with Crippen LogP contribution in [0.25, 0.3) is 0 Å². The minimum atomic E-state index is -0.232. The van der Waals surface area contributed by atoms with Crippen LogP contribution in [0.5, 0.6) is 5.75 Å². The molecule has 1 unspecified atom stereocenters. The molecule has 1 aliphatic heterocycles. The Morgan fingerprint density at radius 3 is 2.78 bits per heavy atom. The standard InChI is InChI=1S/C21H32N4O2/c1-4-22-20(23-13-7-10-19(26)24-15-11-12-15)25-17-14-21(2,3)27-18-9-6-5-8-16(17)18/h5-6,8-9,15,17H,4,7,10-14H2,1-3H3,(H,24,26)(H2,22,23,25). The van der Waals surface area contributed by atoms with Crippen LogP contribution in [0.1, 0.15) is 64.5 Å². The van der Waals surface area contributed by atoms with Gasteiger partial charge in [0, 0.05) is 37.5 Å². The predicted octanol–water partition coefficient (Wildman–Crippen LogP) is 2.90. The molecular formula is C21H32N4O2. The zero-order valence-corrected chi connectivity index (χ0v) is 16.7. The van der Waals surface area contributed by atoms with Crippen molar-refractivity contribution in [3.05, 3.63) is 29.8 Å². The van der Waals surface area contributed by atoms with Gasteiger partial charge in [-0.25, -0.2) is 0 Å². The fourth-order valence-corrected chi connectivity index (χ4v) is 3.37. The van der Waals surface area contributed by atoms with Gasteiger partial charge in [0.1, 0.15) is 11.4 Å². The summed E-state index contributed by atoms with van der Waals surface area (Å²) >= 11 is 0. The number of hydrogen-bond donors (Lipinski definition) is 3. The van der Waals surface area contributed by atoms with E-state index in [1.54, 1.807) is 0 Å². The summed E-state index contributed by atoms with van der Waals surface area (Å²) in [6.07, 6.45) is 4.40. The Morgan fingerprint density at radius 2 is 2.04 bits per heavy atom. The number of nitrogens with zero attached hydrogens (tertiary/aromatic N) is 1. The Morgan fingerprint density at radius 1 is 1.26 bits per heavy atom. The van der Waals surface area contributed by atoms with Gasteiger partial charge in [0.05, 0.1) is 6.04 Å². The van der Waals surface area contributed by atoms with Gasteiger partial charge in [0.25, 0.3) is 0 Å². The van der Waals surface area contributed by atoms with Gasteiger partial charge in [-0.1, -0.05) is 18.2 Å².